The largest absolute Gasteiger partial charge is 0.384 e. The second kappa shape index (κ2) is 6.40. The summed E-state index contributed by atoms with van der Waals surface area (Å²) in [5, 5.41) is 2.47. The minimum Gasteiger partial charge on any atom is -0.384 e. The first-order valence-corrected chi connectivity index (χ1v) is 6.12. The number of halogens is 3. The van der Waals surface area contributed by atoms with E-state index < -0.39 is 17.5 Å². The quantitative estimate of drug-likeness (QED) is 0.830. The molecule has 0 atom stereocenters. The van der Waals surface area contributed by atoms with Gasteiger partial charge in [0, 0.05) is 24.8 Å². The van der Waals surface area contributed by atoms with E-state index in [9.17, 15) is 13.2 Å². The SMILES string of the molecule is CCOCc1nc(N)cc(Nc2cc(F)cc(F)c2F)n1. The minimum absolute atomic E-state index is 0.112. The van der Waals surface area contributed by atoms with Crippen LogP contribution < -0.4 is 11.1 Å². The number of nitrogens with zero attached hydrogens (tertiary/aromatic N) is 2. The highest BCUT2D eigenvalue weighted by Gasteiger charge is 2.12. The van der Waals surface area contributed by atoms with Crippen LogP contribution in [0.2, 0.25) is 0 Å². The summed E-state index contributed by atoms with van der Waals surface area (Å²) in [6, 6.07) is 2.59. The molecule has 0 aliphatic rings. The molecule has 0 radical (unpaired) electrons. The number of nitrogens with two attached hydrogens (primary N) is 1. The van der Waals surface area contributed by atoms with Gasteiger partial charge in [0.15, 0.2) is 17.5 Å². The summed E-state index contributed by atoms with van der Waals surface area (Å²) in [5.41, 5.74) is 5.21. The zero-order chi connectivity index (χ0) is 15.4. The zero-order valence-electron chi connectivity index (χ0n) is 11.2. The second-order valence-electron chi connectivity index (χ2n) is 4.11. The van der Waals surface area contributed by atoms with Crippen LogP contribution in [0.3, 0.4) is 0 Å². The average Bonchev–Trinajstić information content (AvgIpc) is 2.41. The molecule has 8 heteroatoms. The number of benzene rings is 1. The molecule has 1 aromatic heterocycles. The summed E-state index contributed by atoms with van der Waals surface area (Å²) in [7, 11) is 0. The lowest BCUT2D eigenvalue weighted by molar-refractivity contribution is 0.128. The Balaban J connectivity index is 2.29. The molecule has 0 amide bonds. The lowest BCUT2D eigenvalue weighted by Crippen LogP contribution is -2.06. The van der Waals surface area contributed by atoms with Crippen molar-refractivity contribution in [1.82, 2.24) is 9.97 Å². The van der Waals surface area contributed by atoms with Gasteiger partial charge in [-0.1, -0.05) is 0 Å². The first-order valence-electron chi connectivity index (χ1n) is 6.12. The minimum atomic E-state index is -1.30. The fourth-order valence-corrected chi connectivity index (χ4v) is 1.62. The molecule has 112 valence electrons. The van der Waals surface area contributed by atoms with Gasteiger partial charge in [0.25, 0.3) is 0 Å². The molecule has 0 fully saturated rings. The van der Waals surface area contributed by atoms with Crippen LogP contribution in [0.5, 0.6) is 0 Å². The molecule has 3 N–H and O–H groups in total. The number of hydrogen-bond donors (Lipinski definition) is 2. The van der Waals surface area contributed by atoms with Gasteiger partial charge in [-0.05, 0) is 6.92 Å². The molecular weight excluding hydrogens is 285 g/mol. The molecule has 5 nitrogen and oxygen atoms in total. The number of rotatable bonds is 5. The van der Waals surface area contributed by atoms with Crippen molar-refractivity contribution in [2.24, 2.45) is 0 Å². The van der Waals surface area contributed by atoms with Crippen LogP contribution in [0, 0.1) is 17.5 Å². The van der Waals surface area contributed by atoms with Gasteiger partial charge in [0.1, 0.15) is 24.1 Å². The first-order chi connectivity index (χ1) is 9.99. The highest BCUT2D eigenvalue weighted by atomic mass is 19.2. The Labute approximate surface area is 119 Å². The summed E-state index contributed by atoms with van der Waals surface area (Å²) in [6.07, 6.45) is 0. The molecule has 1 aromatic carbocycles. The Hall–Kier alpha value is -2.35. The monoisotopic (exact) mass is 298 g/mol. The van der Waals surface area contributed by atoms with Crippen molar-refractivity contribution in [3.63, 3.8) is 0 Å². The molecule has 21 heavy (non-hydrogen) atoms. The highest BCUT2D eigenvalue weighted by molar-refractivity contribution is 5.59. The van der Waals surface area contributed by atoms with Crippen molar-refractivity contribution >= 4 is 17.3 Å². The number of hydrogen-bond acceptors (Lipinski definition) is 5. The van der Waals surface area contributed by atoms with E-state index in [0.29, 0.717) is 12.7 Å². The van der Waals surface area contributed by atoms with Crippen LogP contribution in [-0.2, 0) is 11.3 Å². The maximum absolute atomic E-state index is 13.6. The summed E-state index contributed by atoms with van der Waals surface area (Å²) < 4.78 is 45.0. The summed E-state index contributed by atoms with van der Waals surface area (Å²) in [6.45, 7) is 2.39. The maximum Gasteiger partial charge on any atom is 0.182 e. The van der Waals surface area contributed by atoms with Gasteiger partial charge in [-0.25, -0.2) is 23.1 Å². The lowest BCUT2D eigenvalue weighted by Gasteiger charge is -2.10. The number of nitrogens with one attached hydrogen (secondary N) is 1. The molecule has 0 spiro atoms. The van der Waals surface area contributed by atoms with Gasteiger partial charge in [-0.2, -0.15) is 0 Å². The van der Waals surface area contributed by atoms with Gasteiger partial charge >= 0.3 is 0 Å². The van der Waals surface area contributed by atoms with Crippen molar-refractivity contribution in [1.29, 1.82) is 0 Å². The Bertz CT molecular complexity index is 652. The lowest BCUT2D eigenvalue weighted by atomic mass is 10.2. The molecular formula is C13H13F3N4O. The van der Waals surface area contributed by atoms with E-state index in [0.717, 1.165) is 6.07 Å². The number of aromatic nitrogens is 2. The van der Waals surface area contributed by atoms with E-state index in [4.69, 9.17) is 10.5 Å². The predicted molar refractivity (Wildman–Crippen MR) is 71.4 cm³/mol. The van der Waals surface area contributed by atoms with Crippen molar-refractivity contribution in [2.45, 2.75) is 13.5 Å². The third-order valence-corrected chi connectivity index (χ3v) is 2.48. The normalized spacial score (nSPS) is 10.7. The second-order valence-corrected chi connectivity index (χ2v) is 4.11. The van der Waals surface area contributed by atoms with Crippen molar-refractivity contribution in [3.05, 3.63) is 41.5 Å². The van der Waals surface area contributed by atoms with E-state index in [1.807, 2.05) is 0 Å². The van der Waals surface area contributed by atoms with Gasteiger partial charge in [-0.3, -0.25) is 0 Å². The molecule has 2 aromatic rings. The Morgan fingerprint density at radius 2 is 1.95 bits per heavy atom. The molecule has 0 saturated heterocycles. The molecule has 0 aliphatic carbocycles. The van der Waals surface area contributed by atoms with E-state index in [-0.39, 0.29) is 29.8 Å². The summed E-state index contributed by atoms with van der Waals surface area (Å²) in [4.78, 5) is 7.96. The van der Waals surface area contributed by atoms with Crippen LogP contribution in [0.1, 0.15) is 12.7 Å². The molecule has 2 rings (SSSR count). The van der Waals surface area contributed by atoms with E-state index in [1.165, 1.54) is 6.07 Å². The molecule has 0 saturated carbocycles. The van der Waals surface area contributed by atoms with Gasteiger partial charge in [0.2, 0.25) is 0 Å². The fraction of sp³-hybridized carbons (Fsp3) is 0.231. The molecule has 0 aliphatic heterocycles. The van der Waals surface area contributed by atoms with Gasteiger partial charge < -0.3 is 15.8 Å². The third kappa shape index (κ3) is 3.82. The average molecular weight is 298 g/mol. The Morgan fingerprint density at radius 1 is 1.19 bits per heavy atom. The van der Waals surface area contributed by atoms with Crippen LogP contribution in [0.25, 0.3) is 0 Å². The van der Waals surface area contributed by atoms with Crippen LogP contribution in [0.15, 0.2) is 18.2 Å². The maximum atomic E-state index is 13.6. The molecule has 0 unspecified atom stereocenters. The Kier molecular flexibility index (Phi) is 4.59. The van der Waals surface area contributed by atoms with E-state index in [2.05, 4.69) is 15.3 Å². The summed E-state index contributed by atoms with van der Waals surface area (Å²) in [5.74, 6) is -2.90. The predicted octanol–water partition coefficient (Wildman–Crippen LogP) is 2.76. The molecule has 1 heterocycles. The van der Waals surface area contributed by atoms with Crippen molar-refractivity contribution in [2.75, 3.05) is 17.7 Å². The first kappa shape index (κ1) is 15.0. The van der Waals surface area contributed by atoms with Crippen molar-refractivity contribution < 1.29 is 17.9 Å². The molecule has 0 bridgehead atoms. The van der Waals surface area contributed by atoms with Crippen LogP contribution in [0.4, 0.5) is 30.5 Å². The van der Waals surface area contributed by atoms with Crippen molar-refractivity contribution in [3.8, 4) is 0 Å². The van der Waals surface area contributed by atoms with Crippen LogP contribution in [-0.4, -0.2) is 16.6 Å². The van der Waals surface area contributed by atoms with Gasteiger partial charge in [-0.15, -0.1) is 0 Å². The standard InChI is InChI=1S/C13H13F3N4O/c1-2-21-6-12-19-10(17)5-11(20-12)18-9-4-7(14)3-8(15)13(9)16/h3-5H,2,6H2,1H3,(H3,17,18,19,20). The van der Waals surface area contributed by atoms with Gasteiger partial charge in [0.05, 0.1) is 5.69 Å². The smallest absolute Gasteiger partial charge is 0.182 e. The Morgan fingerprint density at radius 3 is 2.67 bits per heavy atom. The fourth-order valence-electron chi connectivity index (χ4n) is 1.62. The van der Waals surface area contributed by atoms with Crippen LogP contribution >= 0.6 is 0 Å². The summed E-state index contributed by atoms with van der Waals surface area (Å²) >= 11 is 0. The highest BCUT2D eigenvalue weighted by Crippen LogP contribution is 2.23. The van der Waals surface area contributed by atoms with E-state index >= 15 is 0 Å². The number of nitrogen functional groups attached to an aromatic ring is 1. The van der Waals surface area contributed by atoms with E-state index in [1.54, 1.807) is 6.92 Å². The third-order valence-electron chi connectivity index (χ3n) is 2.48. The topological polar surface area (TPSA) is 73.1 Å². The zero-order valence-corrected chi connectivity index (χ0v) is 11.2. The number of ether oxygens (including phenoxy) is 1. The number of anilines is 3.